The maximum absolute atomic E-state index is 13.2. The summed E-state index contributed by atoms with van der Waals surface area (Å²) in [7, 11) is 0. The molecule has 0 saturated carbocycles. The molecule has 21 heavy (non-hydrogen) atoms. The predicted octanol–water partition coefficient (Wildman–Crippen LogP) is 3.33. The van der Waals surface area contributed by atoms with Gasteiger partial charge in [-0.05, 0) is 36.4 Å². The summed E-state index contributed by atoms with van der Waals surface area (Å²) in [5.41, 5.74) is 5.75. The summed E-state index contributed by atoms with van der Waals surface area (Å²) in [6.45, 7) is 0. The van der Waals surface area contributed by atoms with Crippen LogP contribution >= 0.6 is 15.9 Å². The molecule has 0 fully saturated rings. The quantitative estimate of drug-likeness (QED) is 0.792. The summed E-state index contributed by atoms with van der Waals surface area (Å²) in [4.78, 5) is 23.1. The normalized spacial score (nSPS) is 10.0. The summed E-state index contributed by atoms with van der Waals surface area (Å²) < 4.78 is 14.0. The molecule has 7 heteroatoms. The Morgan fingerprint density at radius 2 is 1.86 bits per heavy atom. The number of anilines is 2. The number of carbonyl (C=O) groups excluding carboxylic acids is 2. The largest absolute Gasteiger partial charge is 0.366 e. The third kappa shape index (κ3) is 4.03. The molecule has 0 aromatic heterocycles. The minimum Gasteiger partial charge on any atom is -0.366 e. The van der Waals surface area contributed by atoms with Crippen LogP contribution in [-0.2, 0) is 0 Å². The fourth-order valence-corrected chi connectivity index (χ4v) is 2.08. The number of benzene rings is 2. The van der Waals surface area contributed by atoms with E-state index in [9.17, 15) is 14.0 Å². The monoisotopic (exact) mass is 351 g/mol. The van der Waals surface area contributed by atoms with Crippen molar-refractivity contribution in [2.45, 2.75) is 0 Å². The Balaban J connectivity index is 2.16. The lowest BCUT2D eigenvalue weighted by atomic mass is 10.1. The number of urea groups is 1. The van der Waals surface area contributed by atoms with Crippen LogP contribution in [0, 0.1) is 5.82 Å². The predicted molar refractivity (Wildman–Crippen MR) is 81.7 cm³/mol. The van der Waals surface area contributed by atoms with Gasteiger partial charge in [-0.25, -0.2) is 9.18 Å². The number of rotatable bonds is 3. The summed E-state index contributed by atoms with van der Waals surface area (Å²) in [5, 5.41) is 4.96. The Hall–Kier alpha value is -2.41. The summed E-state index contributed by atoms with van der Waals surface area (Å²) in [6.07, 6.45) is 0. The van der Waals surface area contributed by atoms with Crippen LogP contribution in [0.15, 0.2) is 46.9 Å². The Morgan fingerprint density at radius 3 is 2.52 bits per heavy atom. The van der Waals surface area contributed by atoms with Crippen molar-refractivity contribution < 1.29 is 14.0 Å². The number of nitrogens with one attached hydrogen (secondary N) is 2. The highest BCUT2D eigenvalue weighted by Gasteiger charge is 2.12. The summed E-state index contributed by atoms with van der Waals surface area (Å²) in [6, 6.07) is 9.66. The van der Waals surface area contributed by atoms with Gasteiger partial charge in [0, 0.05) is 10.2 Å². The zero-order valence-electron chi connectivity index (χ0n) is 10.7. The van der Waals surface area contributed by atoms with Gasteiger partial charge in [0.15, 0.2) is 0 Å². The standard InChI is InChI=1S/C14H11BrFN3O2/c15-8-2-1-3-10(6-8)18-14(21)19-12-7-9(16)4-5-11(12)13(17)20/h1-7H,(H2,17,20)(H2,18,19,21). The van der Waals surface area contributed by atoms with E-state index in [4.69, 9.17) is 5.73 Å². The van der Waals surface area contributed by atoms with Crippen LogP contribution in [0.4, 0.5) is 20.6 Å². The van der Waals surface area contributed by atoms with Gasteiger partial charge < -0.3 is 16.4 Å². The number of carbonyl (C=O) groups is 2. The zero-order chi connectivity index (χ0) is 15.4. The maximum atomic E-state index is 13.2. The highest BCUT2D eigenvalue weighted by molar-refractivity contribution is 9.10. The van der Waals surface area contributed by atoms with Crippen LogP contribution in [0.25, 0.3) is 0 Å². The van der Waals surface area contributed by atoms with Crippen molar-refractivity contribution in [3.63, 3.8) is 0 Å². The second kappa shape index (κ2) is 6.36. The van der Waals surface area contributed by atoms with E-state index in [0.717, 1.165) is 16.6 Å². The van der Waals surface area contributed by atoms with E-state index >= 15 is 0 Å². The first-order valence-corrected chi connectivity index (χ1v) is 6.68. The van der Waals surface area contributed by atoms with E-state index in [1.54, 1.807) is 24.3 Å². The molecule has 0 spiro atoms. The molecule has 2 aromatic rings. The third-order valence-corrected chi connectivity index (χ3v) is 3.07. The lowest BCUT2D eigenvalue weighted by Gasteiger charge is -2.10. The van der Waals surface area contributed by atoms with Crippen molar-refractivity contribution in [2.24, 2.45) is 5.73 Å². The van der Waals surface area contributed by atoms with Crippen LogP contribution in [0.2, 0.25) is 0 Å². The molecule has 0 bridgehead atoms. The molecule has 2 aromatic carbocycles. The molecule has 3 amide bonds. The van der Waals surface area contributed by atoms with Crippen LogP contribution in [0.1, 0.15) is 10.4 Å². The number of primary amides is 1. The molecular formula is C14H11BrFN3O2. The third-order valence-electron chi connectivity index (χ3n) is 2.58. The highest BCUT2D eigenvalue weighted by atomic mass is 79.9. The number of halogens is 2. The van der Waals surface area contributed by atoms with Crippen LogP contribution < -0.4 is 16.4 Å². The van der Waals surface area contributed by atoms with Crippen molar-refractivity contribution in [1.82, 2.24) is 0 Å². The average Bonchev–Trinajstić information content (AvgIpc) is 2.38. The van der Waals surface area contributed by atoms with Gasteiger partial charge in [0.2, 0.25) is 0 Å². The second-order valence-corrected chi connectivity index (χ2v) is 5.06. The number of hydrogen-bond donors (Lipinski definition) is 3. The molecule has 0 saturated heterocycles. The second-order valence-electron chi connectivity index (χ2n) is 4.14. The van der Waals surface area contributed by atoms with Gasteiger partial charge in [-0.1, -0.05) is 22.0 Å². The van der Waals surface area contributed by atoms with Crippen LogP contribution in [0.5, 0.6) is 0 Å². The molecule has 0 aliphatic carbocycles. The van der Waals surface area contributed by atoms with E-state index in [1.807, 2.05) is 0 Å². The number of amides is 3. The fraction of sp³-hybridized carbons (Fsp3) is 0. The SMILES string of the molecule is NC(=O)c1ccc(F)cc1NC(=O)Nc1cccc(Br)c1. The smallest absolute Gasteiger partial charge is 0.323 e. The van der Waals surface area contributed by atoms with E-state index < -0.39 is 17.8 Å². The Bertz CT molecular complexity index is 706. The first kappa shape index (κ1) is 15.0. The molecule has 0 aliphatic rings. The minimum absolute atomic E-state index is 0.00926. The van der Waals surface area contributed by atoms with Gasteiger partial charge in [-0.2, -0.15) is 0 Å². The lowest BCUT2D eigenvalue weighted by molar-refractivity contribution is 0.100. The molecule has 108 valence electrons. The summed E-state index contributed by atoms with van der Waals surface area (Å²) in [5.74, 6) is -1.34. The molecule has 0 aliphatic heterocycles. The van der Waals surface area contributed by atoms with Crippen molar-refractivity contribution in [2.75, 3.05) is 10.6 Å². The molecule has 4 N–H and O–H groups in total. The van der Waals surface area contributed by atoms with Crippen LogP contribution in [0.3, 0.4) is 0 Å². The Kier molecular flexibility index (Phi) is 4.54. The first-order valence-electron chi connectivity index (χ1n) is 5.88. The molecule has 5 nitrogen and oxygen atoms in total. The molecule has 0 atom stereocenters. The topological polar surface area (TPSA) is 84.2 Å². The number of nitrogens with two attached hydrogens (primary N) is 1. The summed E-state index contributed by atoms with van der Waals surface area (Å²) >= 11 is 3.28. The maximum Gasteiger partial charge on any atom is 0.323 e. The van der Waals surface area contributed by atoms with Crippen molar-refractivity contribution in [1.29, 1.82) is 0 Å². The van der Waals surface area contributed by atoms with Gasteiger partial charge >= 0.3 is 6.03 Å². The zero-order valence-corrected chi connectivity index (χ0v) is 12.3. The van der Waals surface area contributed by atoms with Gasteiger partial charge in [-0.3, -0.25) is 4.79 Å². The van der Waals surface area contributed by atoms with Crippen molar-refractivity contribution in [3.8, 4) is 0 Å². The molecular weight excluding hydrogens is 341 g/mol. The van der Waals surface area contributed by atoms with Gasteiger partial charge in [0.25, 0.3) is 5.91 Å². The first-order chi connectivity index (χ1) is 9.95. The molecule has 0 heterocycles. The van der Waals surface area contributed by atoms with E-state index in [1.165, 1.54) is 6.07 Å². The highest BCUT2D eigenvalue weighted by Crippen LogP contribution is 2.19. The van der Waals surface area contributed by atoms with Gasteiger partial charge in [0.05, 0.1) is 11.3 Å². The van der Waals surface area contributed by atoms with Crippen molar-refractivity contribution >= 4 is 39.2 Å². The Morgan fingerprint density at radius 1 is 1.10 bits per heavy atom. The van der Waals surface area contributed by atoms with E-state index in [2.05, 4.69) is 26.6 Å². The molecule has 0 radical (unpaired) electrons. The molecule has 0 unspecified atom stereocenters. The lowest BCUT2D eigenvalue weighted by Crippen LogP contribution is -2.22. The molecule has 2 rings (SSSR count). The van der Waals surface area contributed by atoms with E-state index in [-0.39, 0.29) is 11.3 Å². The van der Waals surface area contributed by atoms with Crippen LogP contribution in [-0.4, -0.2) is 11.9 Å². The average molecular weight is 352 g/mol. The fourth-order valence-electron chi connectivity index (χ4n) is 1.69. The van der Waals surface area contributed by atoms with E-state index in [0.29, 0.717) is 5.69 Å². The number of hydrogen-bond acceptors (Lipinski definition) is 2. The Labute approximate surface area is 128 Å². The van der Waals surface area contributed by atoms with Gasteiger partial charge in [0.1, 0.15) is 5.82 Å². The van der Waals surface area contributed by atoms with Gasteiger partial charge in [-0.15, -0.1) is 0 Å². The minimum atomic E-state index is -0.757. The van der Waals surface area contributed by atoms with Crippen molar-refractivity contribution in [3.05, 3.63) is 58.3 Å².